The van der Waals surface area contributed by atoms with Crippen molar-refractivity contribution in [1.29, 1.82) is 0 Å². The molecule has 0 radical (unpaired) electrons. The molecule has 1 N–H and O–H groups in total. The van der Waals surface area contributed by atoms with E-state index in [1.165, 1.54) is 16.7 Å². The fourth-order valence-corrected chi connectivity index (χ4v) is 4.21. The summed E-state index contributed by atoms with van der Waals surface area (Å²) < 4.78 is 0. The largest absolute Gasteiger partial charge is 0.350 e. The molecule has 1 aliphatic heterocycles. The Hall–Kier alpha value is -3.31. The summed E-state index contributed by atoms with van der Waals surface area (Å²) in [5.41, 5.74) is 3.64. The molecule has 29 heavy (non-hydrogen) atoms. The van der Waals surface area contributed by atoms with Crippen molar-refractivity contribution < 1.29 is 9.59 Å². The molecule has 144 valence electrons. The van der Waals surface area contributed by atoms with Crippen molar-refractivity contribution in [2.45, 2.75) is 18.7 Å². The Morgan fingerprint density at radius 2 is 1.45 bits per heavy atom. The van der Waals surface area contributed by atoms with Gasteiger partial charge >= 0.3 is 0 Å². The molecule has 3 aromatic rings. The Balaban J connectivity index is 1.76. The first-order valence-electron chi connectivity index (χ1n) is 9.30. The van der Waals surface area contributed by atoms with E-state index in [1.54, 1.807) is 0 Å². The van der Waals surface area contributed by atoms with Crippen LogP contribution in [0, 0.1) is 13.8 Å². The number of hydrogen-bond donors (Lipinski definition) is 1. The second-order valence-electron chi connectivity index (χ2n) is 6.85. The Bertz CT molecular complexity index is 1040. The number of para-hydroxylation sites is 1. The van der Waals surface area contributed by atoms with Crippen LogP contribution in [-0.2, 0) is 9.59 Å². The van der Waals surface area contributed by atoms with Crippen molar-refractivity contribution in [2.24, 2.45) is 0 Å². The minimum absolute atomic E-state index is 0.301. The highest BCUT2D eigenvalue weighted by Gasteiger charge is 2.40. The van der Waals surface area contributed by atoms with E-state index in [4.69, 9.17) is 0 Å². The molecule has 0 spiro atoms. The normalized spacial score (nSPS) is 13.9. The van der Waals surface area contributed by atoms with Gasteiger partial charge in [0.15, 0.2) is 0 Å². The summed E-state index contributed by atoms with van der Waals surface area (Å²) in [6.45, 7) is 3.90. The number of anilines is 2. The molecule has 0 atom stereocenters. The van der Waals surface area contributed by atoms with Crippen molar-refractivity contribution in [1.82, 2.24) is 0 Å². The van der Waals surface area contributed by atoms with Gasteiger partial charge in [-0.25, -0.2) is 4.90 Å². The van der Waals surface area contributed by atoms with Gasteiger partial charge in [-0.05, 0) is 49.7 Å². The highest BCUT2D eigenvalue weighted by molar-refractivity contribution is 8.04. The van der Waals surface area contributed by atoms with Crippen molar-refractivity contribution in [2.75, 3.05) is 10.2 Å². The third-order valence-corrected chi connectivity index (χ3v) is 5.73. The molecule has 1 heterocycles. The SMILES string of the molecule is Cc1ccc(N2C(=O)C(Nc3ccccc3)=C(Sc3ccccc3)C2=O)c(C)c1. The van der Waals surface area contributed by atoms with Gasteiger partial charge in [0.1, 0.15) is 10.6 Å². The Morgan fingerprint density at radius 3 is 2.10 bits per heavy atom. The molecule has 0 unspecified atom stereocenters. The molecular formula is C24H20N2O2S. The minimum atomic E-state index is -0.343. The van der Waals surface area contributed by atoms with E-state index in [-0.39, 0.29) is 11.8 Å². The topological polar surface area (TPSA) is 49.4 Å². The fraction of sp³-hybridized carbons (Fsp3) is 0.0833. The molecule has 0 saturated carbocycles. The molecule has 0 aromatic heterocycles. The molecule has 5 heteroatoms. The van der Waals surface area contributed by atoms with Gasteiger partial charge in [-0.1, -0.05) is 65.9 Å². The van der Waals surface area contributed by atoms with Crippen molar-refractivity contribution in [3.05, 3.63) is 101 Å². The predicted molar refractivity (Wildman–Crippen MR) is 118 cm³/mol. The zero-order valence-electron chi connectivity index (χ0n) is 16.2. The average molecular weight is 401 g/mol. The summed E-state index contributed by atoms with van der Waals surface area (Å²) in [4.78, 5) is 29.2. The van der Waals surface area contributed by atoms with Crippen LogP contribution in [-0.4, -0.2) is 11.8 Å². The van der Waals surface area contributed by atoms with Crippen LogP contribution in [0.5, 0.6) is 0 Å². The molecule has 0 aliphatic carbocycles. The molecule has 1 aliphatic rings. The number of carbonyl (C=O) groups excluding carboxylic acids is 2. The maximum atomic E-state index is 13.3. The molecule has 0 fully saturated rings. The first-order valence-corrected chi connectivity index (χ1v) is 10.1. The number of thioether (sulfide) groups is 1. The number of amides is 2. The molecule has 0 bridgehead atoms. The first kappa shape index (κ1) is 19.0. The summed E-state index contributed by atoms with van der Waals surface area (Å²) >= 11 is 1.30. The lowest BCUT2D eigenvalue weighted by atomic mass is 10.1. The highest BCUT2D eigenvalue weighted by atomic mass is 32.2. The van der Waals surface area contributed by atoms with Crippen molar-refractivity contribution >= 4 is 35.0 Å². The van der Waals surface area contributed by atoms with Gasteiger partial charge in [0.2, 0.25) is 0 Å². The number of carbonyl (C=O) groups is 2. The van der Waals surface area contributed by atoms with E-state index < -0.39 is 0 Å². The highest BCUT2D eigenvalue weighted by Crippen LogP contribution is 2.38. The van der Waals surface area contributed by atoms with Gasteiger partial charge in [-0.3, -0.25) is 9.59 Å². The number of aryl methyl sites for hydroxylation is 2. The predicted octanol–water partition coefficient (Wildman–Crippen LogP) is 5.29. The third-order valence-electron chi connectivity index (χ3n) is 4.64. The van der Waals surface area contributed by atoms with Crippen LogP contribution >= 0.6 is 11.8 Å². The number of imide groups is 1. The quantitative estimate of drug-likeness (QED) is 0.591. The van der Waals surface area contributed by atoms with Crippen molar-refractivity contribution in [3.8, 4) is 0 Å². The fourth-order valence-electron chi connectivity index (χ4n) is 3.26. The van der Waals surface area contributed by atoms with Gasteiger partial charge in [-0.15, -0.1) is 0 Å². The number of benzene rings is 3. The van der Waals surface area contributed by atoms with E-state index >= 15 is 0 Å². The van der Waals surface area contributed by atoms with E-state index in [1.807, 2.05) is 92.7 Å². The van der Waals surface area contributed by atoms with Gasteiger partial charge < -0.3 is 5.32 Å². The monoisotopic (exact) mass is 400 g/mol. The van der Waals surface area contributed by atoms with Crippen LogP contribution < -0.4 is 10.2 Å². The van der Waals surface area contributed by atoms with E-state index in [0.29, 0.717) is 16.3 Å². The van der Waals surface area contributed by atoms with Gasteiger partial charge in [-0.2, -0.15) is 0 Å². The van der Waals surface area contributed by atoms with Crippen LogP contribution in [0.4, 0.5) is 11.4 Å². The van der Waals surface area contributed by atoms with Gasteiger partial charge in [0.25, 0.3) is 11.8 Å². The maximum Gasteiger partial charge on any atom is 0.283 e. The minimum Gasteiger partial charge on any atom is -0.350 e. The Kier molecular flexibility index (Phi) is 5.23. The maximum absolute atomic E-state index is 13.3. The lowest BCUT2D eigenvalue weighted by Crippen LogP contribution is -2.33. The molecule has 2 amide bonds. The van der Waals surface area contributed by atoms with E-state index in [2.05, 4.69) is 5.32 Å². The zero-order valence-corrected chi connectivity index (χ0v) is 17.0. The number of nitrogens with zero attached hydrogens (tertiary/aromatic N) is 1. The molecule has 4 rings (SSSR count). The van der Waals surface area contributed by atoms with Crippen LogP contribution in [0.3, 0.4) is 0 Å². The number of hydrogen-bond acceptors (Lipinski definition) is 4. The third kappa shape index (κ3) is 3.82. The van der Waals surface area contributed by atoms with Crippen LogP contribution in [0.2, 0.25) is 0 Å². The second-order valence-corrected chi connectivity index (χ2v) is 7.93. The average Bonchev–Trinajstić information content (AvgIpc) is 2.94. The van der Waals surface area contributed by atoms with E-state index in [9.17, 15) is 9.59 Å². The number of rotatable bonds is 5. The lowest BCUT2D eigenvalue weighted by Gasteiger charge is -2.18. The Morgan fingerprint density at radius 1 is 0.793 bits per heavy atom. The summed E-state index contributed by atoms with van der Waals surface area (Å²) in [5, 5.41) is 3.17. The van der Waals surface area contributed by atoms with Gasteiger partial charge in [0, 0.05) is 10.6 Å². The smallest absolute Gasteiger partial charge is 0.283 e. The van der Waals surface area contributed by atoms with Crippen LogP contribution in [0.25, 0.3) is 0 Å². The first-order chi connectivity index (χ1) is 14.0. The molecule has 4 nitrogen and oxygen atoms in total. The summed E-state index contributed by atoms with van der Waals surface area (Å²) in [7, 11) is 0. The Labute approximate surface area is 174 Å². The zero-order chi connectivity index (χ0) is 20.4. The van der Waals surface area contributed by atoms with E-state index in [0.717, 1.165) is 21.7 Å². The summed E-state index contributed by atoms with van der Waals surface area (Å²) in [6, 6.07) is 24.7. The second kappa shape index (κ2) is 7.97. The van der Waals surface area contributed by atoms with Crippen LogP contribution in [0.1, 0.15) is 11.1 Å². The standard InChI is InChI=1S/C24H20N2O2S/c1-16-13-14-20(17(2)15-16)26-23(27)21(25-18-9-5-3-6-10-18)22(24(26)28)29-19-11-7-4-8-12-19/h3-15,25H,1-2H3. The van der Waals surface area contributed by atoms with Crippen molar-refractivity contribution in [3.63, 3.8) is 0 Å². The molecule has 3 aromatic carbocycles. The summed E-state index contributed by atoms with van der Waals surface area (Å²) in [5.74, 6) is -0.654. The molecular weight excluding hydrogens is 380 g/mol. The molecule has 0 saturated heterocycles. The van der Waals surface area contributed by atoms with Crippen LogP contribution in [0.15, 0.2) is 94.4 Å². The van der Waals surface area contributed by atoms with Gasteiger partial charge in [0.05, 0.1) is 5.69 Å². The lowest BCUT2D eigenvalue weighted by molar-refractivity contribution is -0.120. The number of nitrogens with one attached hydrogen (secondary N) is 1. The summed E-state index contributed by atoms with van der Waals surface area (Å²) in [6.07, 6.45) is 0.